The van der Waals surface area contributed by atoms with E-state index in [1.54, 1.807) is 35.2 Å². The molecule has 192 valence electrons. The Morgan fingerprint density at radius 2 is 1.86 bits per heavy atom. The Hall–Kier alpha value is -3.54. The minimum atomic E-state index is -2.79. The highest BCUT2D eigenvalue weighted by molar-refractivity contribution is 5.78. The molecule has 1 amide bonds. The zero-order valence-corrected chi connectivity index (χ0v) is 20.4. The molecule has 3 aromatic rings. The van der Waals surface area contributed by atoms with Crippen LogP contribution in [0, 0.1) is 0 Å². The average Bonchev–Trinajstić information content (AvgIpc) is 3.20. The van der Waals surface area contributed by atoms with Crippen LogP contribution >= 0.6 is 0 Å². The first kappa shape index (κ1) is 24.2. The molecular formula is C24H29F2N7O3. The second-order valence-electron chi connectivity index (χ2n) is 9.83. The number of halogens is 2. The second kappa shape index (κ2) is 9.49. The third kappa shape index (κ3) is 5.03. The number of hydrogen-bond donors (Lipinski definition) is 1. The summed E-state index contributed by atoms with van der Waals surface area (Å²) >= 11 is 0. The lowest BCUT2D eigenvalue weighted by Gasteiger charge is -2.40. The second-order valence-corrected chi connectivity index (χ2v) is 9.83. The first-order chi connectivity index (χ1) is 17.2. The molecule has 5 rings (SSSR count). The maximum absolute atomic E-state index is 14.0. The number of carbonyl (C=O) groups is 1. The molecule has 10 nitrogen and oxygen atoms in total. The molecule has 2 aliphatic heterocycles. The summed E-state index contributed by atoms with van der Waals surface area (Å²) < 4.78 is 40.2. The summed E-state index contributed by atoms with van der Waals surface area (Å²) in [6.45, 7) is 8.59. The number of aromatic nitrogens is 4. The standard InChI is InChI=1S/C24H29F2N7O3/c1-24(2,3)36-23(34)32-13-15(14-32)27-18-12-19(30-22(29-18)31-8-10-35-11-9-31)33-17-7-5-4-6-16(17)28-21(33)20(25)26/h4-7,12,15,20H,8-11,13-14H2,1-3H3,(H,27,29,30). The van der Waals surface area contributed by atoms with E-state index in [0.29, 0.717) is 68.0 Å². The van der Waals surface area contributed by atoms with Crippen molar-refractivity contribution in [2.45, 2.75) is 38.8 Å². The fourth-order valence-electron chi connectivity index (χ4n) is 4.20. The van der Waals surface area contributed by atoms with Crippen LogP contribution in [0.1, 0.15) is 33.0 Å². The summed E-state index contributed by atoms with van der Waals surface area (Å²) in [5.74, 6) is 0.808. The summed E-state index contributed by atoms with van der Waals surface area (Å²) in [7, 11) is 0. The van der Waals surface area contributed by atoms with Crippen LogP contribution in [-0.2, 0) is 9.47 Å². The first-order valence-electron chi connectivity index (χ1n) is 11.9. The minimum Gasteiger partial charge on any atom is -0.444 e. The number of anilines is 2. The van der Waals surface area contributed by atoms with Crippen LogP contribution in [0.15, 0.2) is 30.3 Å². The van der Waals surface area contributed by atoms with Crippen LogP contribution < -0.4 is 10.2 Å². The normalized spacial score (nSPS) is 16.9. The Balaban J connectivity index is 1.46. The van der Waals surface area contributed by atoms with Crippen molar-refractivity contribution in [2.75, 3.05) is 49.6 Å². The van der Waals surface area contributed by atoms with Crippen LogP contribution in [0.2, 0.25) is 0 Å². The molecule has 1 N–H and O–H groups in total. The molecular weight excluding hydrogens is 472 g/mol. The highest BCUT2D eigenvalue weighted by atomic mass is 19.3. The zero-order chi connectivity index (χ0) is 25.4. The smallest absolute Gasteiger partial charge is 0.410 e. The fourth-order valence-corrected chi connectivity index (χ4v) is 4.20. The Labute approximate surface area is 207 Å². The van der Waals surface area contributed by atoms with Gasteiger partial charge in [-0.2, -0.15) is 9.97 Å². The molecule has 0 bridgehead atoms. The zero-order valence-electron chi connectivity index (χ0n) is 20.4. The molecule has 0 atom stereocenters. The largest absolute Gasteiger partial charge is 0.444 e. The van der Waals surface area contributed by atoms with Gasteiger partial charge in [-0.25, -0.2) is 18.6 Å². The molecule has 0 radical (unpaired) electrons. The van der Waals surface area contributed by atoms with Crippen molar-refractivity contribution in [3.63, 3.8) is 0 Å². The van der Waals surface area contributed by atoms with Crippen molar-refractivity contribution in [1.82, 2.24) is 24.4 Å². The number of hydrogen-bond acceptors (Lipinski definition) is 8. The fraction of sp³-hybridized carbons (Fsp3) is 0.500. The van der Waals surface area contributed by atoms with E-state index in [9.17, 15) is 13.6 Å². The number of morpholine rings is 1. The van der Waals surface area contributed by atoms with Crippen molar-refractivity contribution in [2.24, 2.45) is 0 Å². The van der Waals surface area contributed by atoms with Crippen LogP contribution in [0.5, 0.6) is 0 Å². The van der Waals surface area contributed by atoms with Gasteiger partial charge in [0.1, 0.15) is 17.2 Å². The summed E-state index contributed by atoms with van der Waals surface area (Å²) in [6.07, 6.45) is -3.16. The van der Waals surface area contributed by atoms with Gasteiger partial charge in [0.05, 0.1) is 30.3 Å². The molecule has 12 heteroatoms. The van der Waals surface area contributed by atoms with Crippen molar-refractivity contribution >= 4 is 28.9 Å². The molecule has 4 heterocycles. The molecule has 0 unspecified atom stereocenters. The first-order valence-corrected chi connectivity index (χ1v) is 11.9. The molecule has 1 aromatic carbocycles. The number of alkyl halides is 2. The number of ether oxygens (including phenoxy) is 2. The van der Waals surface area contributed by atoms with Gasteiger partial charge in [0, 0.05) is 32.2 Å². The maximum atomic E-state index is 14.0. The minimum absolute atomic E-state index is 0.0630. The van der Waals surface area contributed by atoms with E-state index >= 15 is 0 Å². The summed E-state index contributed by atoms with van der Waals surface area (Å²) in [5, 5.41) is 3.32. The van der Waals surface area contributed by atoms with Gasteiger partial charge in [-0.1, -0.05) is 12.1 Å². The number of amides is 1. The van der Waals surface area contributed by atoms with Gasteiger partial charge in [-0.15, -0.1) is 0 Å². The van der Waals surface area contributed by atoms with Crippen LogP contribution in [0.25, 0.3) is 16.9 Å². The van der Waals surface area contributed by atoms with Gasteiger partial charge in [-0.05, 0) is 32.9 Å². The number of nitrogens with one attached hydrogen (secondary N) is 1. The van der Waals surface area contributed by atoms with Gasteiger partial charge in [-0.3, -0.25) is 4.57 Å². The SMILES string of the molecule is CC(C)(C)OC(=O)N1CC(Nc2cc(-n3c(C(F)F)nc4ccccc43)nc(N3CCOCC3)n2)C1. The van der Waals surface area contributed by atoms with Gasteiger partial charge < -0.3 is 24.6 Å². The van der Waals surface area contributed by atoms with Crippen molar-refractivity contribution in [3.05, 3.63) is 36.2 Å². The number of benzene rings is 1. The monoisotopic (exact) mass is 501 g/mol. The molecule has 2 aromatic heterocycles. The molecule has 0 aliphatic carbocycles. The highest BCUT2D eigenvalue weighted by Crippen LogP contribution is 2.29. The third-order valence-electron chi connectivity index (χ3n) is 5.89. The van der Waals surface area contributed by atoms with Crippen LogP contribution in [-0.4, -0.2) is 81.5 Å². The Morgan fingerprint density at radius 3 is 2.56 bits per heavy atom. The van der Waals surface area contributed by atoms with Crippen LogP contribution in [0.4, 0.5) is 25.3 Å². The van der Waals surface area contributed by atoms with E-state index in [1.165, 1.54) is 4.57 Å². The highest BCUT2D eigenvalue weighted by Gasteiger charge is 2.34. The molecule has 36 heavy (non-hydrogen) atoms. The number of carbonyl (C=O) groups excluding carboxylic acids is 1. The lowest BCUT2D eigenvalue weighted by molar-refractivity contribution is 0.0104. The lowest BCUT2D eigenvalue weighted by Crippen LogP contribution is -2.58. The summed E-state index contributed by atoms with van der Waals surface area (Å²) in [6, 6.07) is 8.54. The third-order valence-corrected chi connectivity index (χ3v) is 5.89. The van der Waals surface area contributed by atoms with Crippen molar-refractivity contribution in [1.29, 1.82) is 0 Å². The number of para-hydroxylation sites is 2. The van der Waals surface area contributed by atoms with E-state index in [1.807, 2.05) is 25.7 Å². The van der Waals surface area contributed by atoms with E-state index in [2.05, 4.69) is 20.3 Å². The molecule has 0 spiro atoms. The summed E-state index contributed by atoms with van der Waals surface area (Å²) in [4.78, 5) is 29.3. The predicted molar refractivity (Wildman–Crippen MR) is 130 cm³/mol. The summed E-state index contributed by atoms with van der Waals surface area (Å²) in [5.41, 5.74) is 0.422. The predicted octanol–water partition coefficient (Wildman–Crippen LogP) is 3.62. The topological polar surface area (TPSA) is 97.6 Å². The number of nitrogens with zero attached hydrogens (tertiary/aromatic N) is 6. The Kier molecular flexibility index (Phi) is 6.37. The molecule has 2 saturated heterocycles. The van der Waals surface area contributed by atoms with Crippen molar-refractivity contribution < 1.29 is 23.0 Å². The van der Waals surface area contributed by atoms with Crippen LogP contribution in [0.3, 0.4) is 0 Å². The van der Waals surface area contributed by atoms with Gasteiger partial charge >= 0.3 is 6.09 Å². The number of imidazole rings is 1. The van der Waals surface area contributed by atoms with Gasteiger partial charge in [0.2, 0.25) is 5.95 Å². The lowest BCUT2D eigenvalue weighted by atomic mass is 10.1. The van der Waals surface area contributed by atoms with Gasteiger partial charge in [0.25, 0.3) is 6.43 Å². The van der Waals surface area contributed by atoms with Crippen molar-refractivity contribution in [3.8, 4) is 5.82 Å². The quantitative estimate of drug-likeness (QED) is 0.566. The Bertz CT molecular complexity index is 1250. The molecule has 0 saturated carbocycles. The maximum Gasteiger partial charge on any atom is 0.410 e. The molecule has 2 aliphatic rings. The van der Waals surface area contributed by atoms with E-state index in [-0.39, 0.29) is 18.0 Å². The van der Waals surface area contributed by atoms with Gasteiger partial charge in [0.15, 0.2) is 5.82 Å². The number of fused-ring (bicyclic) bond motifs is 1. The Morgan fingerprint density at radius 1 is 1.14 bits per heavy atom. The number of rotatable bonds is 5. The average molecular weight is 502 g/mol. The number of likely N-dealkylation sites (tertiary alicyclic amines) is 1. The van der Waals surface area contributed by atoms with E-state index in [4.69, 9.17) is 9.47 Å². The molecule has 2 fully saturated rings. The van der Waals surface area contributed by atoms with E-state index in [0.717, 1.165) is 0 Å². The van der Waals surface area contributed by atoms with E-state index < -0.39 is 12.0 Å².